The van der Waals surface area contributed by atoms with Gasteiger partial charge in [-0.25, -0.2) is 0 Å². The van der Waals surface area contributed by atoms with Crippen LogP contribution in [0.25, 0.3) is 10.8 Å². The molecule has 0 aromatic heterocycles. The fraction of sp³-hybridized carbons (Fsp3) is 0.467. The van der Waals surface area contributed by atoms with Gasteiger partial charge in [0.25, 0.3) is 0 Å². The summed E-state index contributed by atoms with van der Waals surface area (Å²) in [7, 11) is 0. The Morgan fingerprint density at radius 1 is 0.818 bits per heavy atom. The molecule has 1 heterocycles. The van der Waals surface area contributed by atoms with Crippen molar-refractivity contribution in [2.45, 2.75) is 63.7 Å². The zero-order chi connectivity index (χ0) is 22.5. The van der Waals surface area contributed by atoms with Gasteiger partial charge in [0.2, 0.25) is 0 Å². The number of phenols is 1. The first-order valence-corrected chi connectivity index (χ1v) is 12.9. The second kappa shape index (κ2) is 10.6. The van der Waals surface area contributed by atoms with E-state index in [0.717, 1.165) is 30.7 Å². The van der Waals surface area contributed by atoms with Crippen molar-refractivity contribution in [1.82, 2.24) is 4.90 Å². The first kappa shape index (κ1) is 22.3. The lowest BCUT2D eigenvalue weighted by molar-refractivity contribution is 0.183. The Hall–Kier alpha value is -2.52. The predicted molar refractivity (Wildman–Crippen MR) is 136 cm³/mol. The van der Waals surface area contributed by atoms with Gasteiger partial charge in [0.1, 0.15) is 18.1 Å². The fourth-order valence-electron chi connectivity index (χ4n) is 5.78. The quantitative estimate of drug-likeness (QED) is 0.425. The maximum Gasteiger partial charge on any atom is 0.119 e. The summed E-state index contributed by atoms with van der Waals surface area (Å²) in [6.45, 7) is 4.22. The molecule has 3 aromatic rings. The molecule has 3 aromatic carbocycles. The summed E-state index contributed by atoms with van der Waals surface area (Å²) in [5, 5.41) is 12.4. The van der Waals surface area contributed by atoms with Gasteiger partial charge < -0.3 is 9.84 Å². The lowest BCUT2D eigenvalue weighted by Gasteiger charge is -2.26. The number of benzene rings is 3. The number of piperidine rings is 1. The first-order valence-electron chi connectivity index (χ1n) is 12.9. The summed E-state index contributed by atoms with van der Waals surface area (Å²) < 4.78 is 6.05. The lowest BCUT2D eigenvalue weighted by atomic mass is 9.79. The molecule has 2 aliphatic rings. The third-order valence-electron chi connectivity index (χ3n) is 7.63. The molecule has 3 heteroatoms. The number of phenolic OH excluding ortho intramolecular Hbond substituents is 1. The average molecular weight is 444 g/mol. The Kier molecular flexibility index (Phi) is 7.16. The van der Waals surface area contributed by atoms with Gasteiger partial charge in [-0.1, -0.05) is 56.0 Å². The van der Waals surface area contributed by atoms with Crippen molar-refractivity contribution >= 4 is 10.8 Å². The van der Waals surface area contributed by atoms with E-state index in [1.165, 1.54) is 86.5 Å². The van der Waals surface area contributed by atoms with Crippen LogP contribution in [0.5, 0.6) is 11.5 Å². The van der Waals surface area contributed by atoms with Crippen LogP contribution < -0.4 is 4.74 Å². The zero-order valence-corrected chi connectivity index (χ0v) is 19.8. The minimum atomic E-state index is 0.338. The highest BCUT2D eigenvalue weighted by molar-refractivity contribution is 5.88. The number of rotatable bonds is 7. The molecule has 1 N–H and O–H groups in total. The van der Waals surface area contributed by atoms with E-state index in [1.54, 1.807) is 0 Å². The Morgan fingerprint density at radius 3 is 2.36 bits per heavy atom. The highest BCUT2D eigenvalue weighted by atomic mass is 16.5. The SMILES string of the molecule is Oc1ccc2c(Cc3ccc(OCCN4CCCCC4)cc3)c(C3CCCCC3)ccc2c1. The molecule has 0 amide bonds. The van der Waals surface area contributed by atoms with E-state index < -0.39 is 0 Å². The van der Waals surface area contributed by atoms with E-state index in [9.17, 15) is 5.11 Å². The number of hydrogen-bond donors (Lipinski definition) is 1. The van der Waals surface area contributed by atoms with Crippen molar-refractivity contribution in [2.75, 3.05) is 26.2 Å². The van der Waals surface area contributed by atoms with Gasteiger partial charge in [-0.3, -0.25) is 4.90 Å². The van der Waals surface area contributed by atoms with Gasteiger partial charge in [0.15, 0.2) is 0 Å². The fourth-order valence-corrected chi connectivity index (χ4v) is 5.78. The molecular formula is C30H37NO2. The van der Waals surface area contributed by atoms with Crippen LogP contribution in [0.3, 0.4) is 0 Å². The van der Waals surface area contributed by atoms with E-state index in [1.807, 2.05) is 12.1 Å². The average Bonchev–Trinajstić information content (AvgIpc) is 2.86. The Balaban J connectivity index is 1.32. The third kappa shape index (κ3) is 5.52. The largest absolute Gasteiger partial charge is 0.508 e. The molecule has 33 heavy (non-hydrogen) atoms. The van der Waals surface area contributed by atoms with E-state index in [0.29, 0.717) is 11.7 Å². The number of aromatic hydroxyl groups is 1. The van der Waals surface area contributed by atoms with Crippen LogP contribution >= 0.6 is 0 Å². The first-order chi connectivity index (χ1) is 16.3. The molecule has 0 unspecified atom stereocenters. The third-order valence-corrected chi connectivity index (χ3v) is 7.63. The summed E-state index contributed by atoms with van der Waals surface area (Å²) in [5.41, 5.74) is 4.25. The Labute approximate surface area is 198 Å². The summed E-state index contributed by atoms with van der Waals surface area (Å²) >= 11 is 0. The topological polar surface area (TPSA) is 32.7 Å². The van der Waals surface area contributed by atoms with Crippen LogP contribution in [0, 0.1) is 0 Å². The van der Waals surface area contributed by atoms with Gasteiger partial charge in [-0.15, -0.1) is 0 Å². The monoisotopic (exact) mass is 443 g/mol. The maximum atomic E-state index is 10.00. The molecule has 0 atom stereocenters. The molecule has 0 radical (unpaired) electrons. The second-order valence-corrected chi connectivity index (χ2v) is 9.95. The smallest absolute Gasteiger partial charge is 0.119 e. The number of ether oxygens (including phenoxy) is 1. The number of likely N-dealkylation sites (tertiary alicyclic amines) is 1. The van der Waals surface area contributed by atoms with Crippen molar-refractivity contribution in [3.05, 3.63) is 71.3 Å². The molecule has 174 valence electrons. The molecule has 1 aliphatic heterocycles. The minimum Gasteiger partial charge on any atom is -0.508 e. The molecule has 1 aliphatic carbocycles. The second-order valence-electron chi connectivity index (χ2n) is 9.95. The molecule has 2 fully saturated rings. The van der Waals surface area contributed by atoms with E-state index in [4.69, 9.17) is 4.74 Å². The summed E-state index contributed by atoms with van der Waals surface area (Å²) in [5.74, 6) is 1.96. The number of fused-ring (bicyclic) bond motifs is 1. The predicted octanol–water partition coefficient (Wildman–Crippen LogP) is 7.05. The van der Waals surface area contributed by atoms with E-state index in [-0.39, 0.29) is 0 Å². The summed E-state index contributed by atoms with van der Waals surface area (Å²) in [6, 6.07) is 19.0. The van der Waals surface area contributed by atoms with Crippen LogP contribution in [-0.2, 0) is 6.42 Å². The van der Waals surface area contributed by atoms with Crippen LogP contribution in [-0.4, -0.2) is 36.2 Å². The number of hydrogen-bond acceptors (Lipinski definition) is 3. The molecule has 3 nitrogen and oxygen atoms in total. The highest BCUT2D eigenvalue weighted by Crippen LogP contribution is 2.38. The van der Waals surface area contributed by atoms with Crippen LogP contribution in [0.1, 0.15) is 74.0 Å². The van der Waals surface area contributed by atoms with Gasteiger partial charge in [-0.2, -0.15) is 0 Å². The summed E-state index contributed by atoms with van der Waals surface area (Å²) in [6.07, 6.45) is 11.6. The maximum absolute atomic E-state index is 10.00. The lowest BCUT2D eigenvalue weighted by Crippen LogP contribution is -2.33. The van der Waals surface area contributed by atoms with Crippen molar-refractivity contribution < 1.29 is 9.84 Å². The van der Waals surface area contributed by atoms with E-state index >= 15 is 0 Å². The highest BCUT2D eigenvalue weighted by Gasteiger charge is 2.20. The van der Waals surface area contributed by atoms with Crippen molar-refractivity contribution in [2.24, 2.45) is 0 Å². The summed E-state index contributed by atoms with van der Waals surface area (Å²) in [4.78, 5) is 2.52. The molecular weight excluding hydrogens is 406 g/mol. The van der Waals surface area contributed by atoms with Gasteiger partial charge in [-0.05, 0) is 103 Å². The molecule has 0 bridgehead atoms. The van der Waals surface area contributed by atoms with Crippen molar-refractivity contribution in [3.8, 4) is 11.5 Å². The standard InChI is InChI=1S/C30H37NO2/c32-26-12-16-29-25(22-26)11-15-28(24-7-3-1-4-8-24)30(29)21-23-9-13-27(14-10-23)33-20-19-31-17-5-2-6-18-31/h9-16,22,24,32H,1-8,17-21H2. The number of nitrogens with zero attached hydrogens (tertiary/aromatic N) is 1. The van der Waals surface area contributed by atoms with Crippen LogP contribution in [0.15, 0.2) is 54.6 Å². The van der Waals surface area contributed by atoms with E-state index in [2.05, 4.69) is 47.4 Å². The van der Waals surface area contributed by atoms with Gasteiger partial charge in [0, 0.05) is 6.54 Å². The van der Waals surface area contributed by atoms with Crippen molar-refractivity contribution in [3.63, 3.8) is 0 Å². The van der Waals surface area contributed by atoms with Crippen molar-refractivity contribution in [1.29, 1.82) is 0 Å². The Morgan fingerprint density at radius 2 is 1.58 bits per heavy atom. The molecule has 1 saturated carbocycles. The van der Waals surface area contributed by atoms with Crippen LogP contribution in [0.4, 0.5) is 0 Å². The zero-order valence-electron chi connectivity index (χ0n) is 19.8. The molecule has 5 rings (SSSR count). The molecule has 0 spiro atoms. The Bertz CT molecular complexity index is 1050. The van der Waals surface area contributed by atoms with Crippen LogP contribution in [0.2, 0.25) is 0 Å². The minimum absolute atomic E-state index is 0.338. The molecule has 1 saturated heterocycles. The normalized spacial score (nSPS) is 17.9. The van der Waals surface area contributed by atoms with Gasteiger partial charge >= 0.3 is 0 Å². The van der Waals surface area contributed by atoms with Gasteiger partial charge in [0.05, 0.1) is 0 Å².